The topological polar surface area (TPSA) is 112 Å². The first-order valence-electron chi connectivity index (χ1n) is 4.84. The van der Waals surface area contributed by atoms with E-state index in [0.29, 0.717) is 5.01 Å². The van der Waals surface area contributed by atoms with E-state index in [1.54, 1.807) is 11.6 Å². The molecule has 1 heterocycles. The van der Waals surface area contributed by atoms with Gasteiger partial charge in [-0.15, -0.1) is 11.3 Å². The summed E-state index contributed by atoms with van der Waals surface area (Å²) in [5.41, 5.74) is 0. The number of urea groups is 1. The predicted octanol–water partition coefficient (Wildman–Crippen LogP) is -0.224. The Labute approximate surface area is 101 Å². The summed E-state index contributed by atoms with van der Waals surface area (Å²) in [4.78, 5) is 26.0. The molecule has 0 bridgehead atoms. The third-order valence-corrected chi connectivity index (χ3v) is 2.70. The molecule has 8 heteroatoms. The first-order valence-corrected chi connectivity index (χ1v) is 5.72. The summed E-state index contributed by atoms with van der Waals surface area (Å²) in [5.74, 6) is -1.29. The van der Waals surface area contributed by atoms with E-state index >= 15 is 0 Å². The molecule has 2 amide bonds. The van der Waals surface area contributed by atoms with Crippen molar-refractivity contribution in [3.63, 3.8) is 0 Å². The van der Waals surface area contributed by atoms with Crippen LogP contribution in [0.4, 0.5) is 4.79 Å². The zero-order valence-corrected chi connectivity index (χ0v) is 9.90. The molecule has 1 aromatic heterocycles. The van der Waals surface area contributed by atoms with E-state index in [0.717, 1.165) is 0 Å². The van der Waals surface area contributed by atoms with Crippen LogP contribution >= 0.6 is 11.3 Å². The molecule has 0 radical (unpaired) electrons. The number of hydrogen-bond acceptors (Lipinski definition) is 5. The summed E-state index contributed by atoms with van der Waals surface area (Å²) in [6.07, 6.45) is 0.438. The van der Waals surface area contributed by atoms with Crippen LogP contribution in [0.25, 0.3) is 0 Å². The van der Waals surface area contributed by atoms with Crippen molar-refractivity contribution in [2.45, 2.75) is 25.6 Å². The summed E-state index contributed by atoms with van der Waals surface area (Å²) >= 11 is 1.38. The fraction of sp³-hybridized carbons (Fsp3) is 0.444. The Balaban J connectivity index is 2.40. The van der Waals surface area contributed by atoms with Crippen LogP contribution in [0, 0.1) is 0 Å². The molecular formula is C9H13N3O4S. The Bertz CT molecular complexity index is 380. The lowest BCUT2D eigenvalue weighted by Crippen LogP contribution is -2.50. The lowest BCUT2D eigenvalue weighted by atomic mass is 10.2. The molecule has 0 saturated carbocycles. The molecule has 0 aliphatic carbocycles. The molecule has 0 spiro atoms. The number of amides is 2. The number of hydrogen-bond donors (Lipinski definition) is 4. The molecule has 0 aliphatic heterocycles. The summed E-state index contributed by atoms with van der Waals surface area (Å²) in [5, 5.41) is 25.0. The third kappa shape index (κ3) is 4.37. The van der Waals surface area contributed by atoms with Crippen LogP contribution in [0.5, 0.6) is 0 Å². The van der Waals surface area contributed by atoms with Crippen molar-refractivity contribution >= 4 is 23.3 Å². The van der Waals surface area contributed by atoms with E-state index in [1.807, 2.05) is 0 Å². The van der Waals surface area contributed by atoms with Gasteiger partial charge < -0.3 is 20.8 Å². The highest BCUT2D eigenvalue weighted by Crippen LogP contribution is 2.02. The number of aliphatic carboxylic acids is 1. The van der Waals surface area contributed by atoms with Crippen LogP contribution in [0.15, 0.2) is 11.6 Å². The summed E-state index contributed by atoms with van der Waals surface area (Å²) < 4.78 is 0. The number of carboxylic acids is 1. The number of nitrogens with one attached hydrogen (secondary N) is 2. The lowest BCUT2D eigenvalue weighted by Gasteiger charge is -2.17. The third-order valence-electron chi connectivity index (χ3n) is 1.92. The Kier molecular flexibility index (Phi) is 4.85. The zero-order chi connectivity index (χ0) is 12.8. The standard InChI is InChI=1S/C9H13N3O4S/c1-5(13)7(8(14)15)12-9(16)11-4-6-10-2-3-17-6/h2-3,5,7,13H,4H2,1H3,(H,14,15)(H2,11,12,16)/t5-,7+/m1/s1. The number of aliphatic hydroxyl groups is 1. The monoisotopic (exact) mass is 259 g/mol. The largest absolute Gasteiger partial charge is 0.480 e. The Hall–Kier alpha value is -1.67. The summed E-state index contributed by atoms with van der Waals surface area (Å²) in [6.45, 7) is 1.51. The van der Waals surface area contributed by atoms with Crippen LogP contribution in [0.3, 0.4) is 0 Å². The molecule has 17 heavy (non-hydrogen) atoms. The summed E-state index contributed by atoms with van der Waals surface area (Å²) in [6, 6.07) is -1.99. The SMILES string of the molecule is C[C@@H](O)[C@H](NC(=O)NCc1nccs1)C(=O)O. The molecule has 2 atom stereocenters. The molecule has 7 nitrogen and oxygen atoms in total. The van der Waals surface area contributed by atoms with Gasteiger partial charge in [0.25, 0.3) is 0 Å². The van der Waals surface area contributed by atoms with Gasteiger partial charge in [0.1, 0.15) is 5.01 Å². The predicted molar refractivity (Wildman–Crippen MR) is 60.6 cm³/mol. The van der Waals surface area contributed by atoms with E-state index in [2.05, 4.69) is 15.6 Å². The van der Waals surface area contributed by atoms with Gasteiger partial charge >= 0.3 is 12.0 Å². The van der Waals surface area contributed by atoms with Crippen LogP contribution in [0.1, 0.15) is 11.9 Å². The van der Waals surface area contributed by atoms with Gasteiger partial charge in [-0.25, -0.2) is 14.6 Å². The van der Waals surface area contributed by atoms with Gasteiger partial charge in [-0.05, 0) is 6.92 Å². The quantitative estimate of drug-likeness (QED) is 0.584. The number of carbonyl (C=O) groups is 2. The van der Waals surface area contributed by atoms with E-state index < -0.39 is 24.1 Å². The summed E-state index contributed by atoms with van der Waals surface area (Å²) in [7, 11) is 0. The molecule has 0 aromatic carbocycles. The van der Waals surface area contributed by atoms with Crippen LogP contribution < -0.4 is 10.6 Å². The van der Waals surface area contributed by atoms with Crippen molar-refractivity contribution in [2.24, 2.45) is 0 Å². The first-order chi connectivity index (χ1) is 8.00. The second kappa shape index (κ2) is 6.16. The maximum absolute atomic E-state index is 11.3. The minimum Gasteiger partial charge on any atom is -0.480 e. The van der Waals surface area contributed by atoms with Crippen LogP contribution in [-0.2, 0) is 11.3 Å². The number of aliphatic hydroxyl groups excluding tert-OH is 1. The number of thiazole rings is 1. The molecule has 0 fully saturated rings. The number of aromatic nitrogens is 1. The molecule has 4 N–H and O–H groups in total. The smallest absolute Gasteiger partial charge is 0.328 e. The molecule has 1 aromatic rings. The van der Waals surface area contributed by atoms with Crippen LogP contribution in [-0.4, -0.2) is 39.3 Å². The van der Waals surface area contributed by atoms with Crippen molar-refractivity contribution in [2.75, 3.05) is 0 Å². The maximum atomic E-state index is 11.3. The number of rotatable bonds is 5. The fourth-order valence-electron chi connectivity index (χ4n) is 1.08. The Morgan fingerprint density at radius 1 is 1.59 bits per heavy atom. The molecule has 94 valence electrons. The van der Waals surface area contributed by atoms with E-state index in [4.69, 9.17) is 10.2 Å². The second-order valence-electron chi connectivity index (χ2n) is 3.31. The molecule has 0 aliphatic rings. The number of carbonyl (C=O) groups excluding carboxylic acids is 1. The Morgan fingerprint density at radius 3 is 2.76 bits per heavy atom. The second-order valence-corrected chi connectivity index (χ2v) is 4.29. The average molecular weight is 259 g/mol. The lowest BCUT2D eigenvalue weighted by molar-refractivity contribution is -0.141. The van der Waals surface area contributed by atoms with Gasteiger partial charge in [-0.1, -0.05) is 0 Å². The van der Waals surface area contributed by atoms with Crippen molar-refractivity contribution in [1.82, 2.24) is 15.6 Å². The van der Waals surface area contributed by atoms with Gasteiger partial charge in [0.15, 0.2) is 6.04 Å². The van der Waals surface area contributed by atoms with Gasteiger partial charge in [0, 0.05) is 11.6 Å². The molecule has 0 unspecified atom stereocenters. The van der Waals surface area contributed by atoms with E-state index in [-0.39, 0.29) is 6.54 Å². The van der Waals surface area contributed by atoms with Gasteiger partial charge in [0.2, 0.25) is 0 Å². The van der Waals surface area contributed by atoms with Crippen molar-refractivity contribution in [1.29, 1.82) is 0 Å². The van der Waals surface area contributed by atoms with Gasteiger partial charge in [0.05, 0.1) is 12.6 Å². The highest BCUT2D eigenvalue weighted by Gasteiger charge is 2.24. The minimum atomic E-state index is -1.33. The van der Waals surface area contributed by atoms with Gasteiger partial charge in [-0.3, -0.25) is 0 Å². The van der Waals surface area contributed by atoms with Crippen molar-refractivity contribution in [3.8, 4) is 0 Å². The number of carboxylic acid groups (broad SMARTS) is 1. The highest BCUT2D eigenvalue weighted by atomic mass is 32.1. The average Bonchev–Trinajstić information content (AvgIpc) is 2.74. The number of nitrogens with zero attached hydrogens (tertiary/aromatic N) is 1. The van der Waals surface area contributed by atoms with E-state index in [1.165, 1.54) is 18.3 Å². The first kappa shape index (κ1) is 13.4. The molecule has 1 rings (SSSR count). The normalized spacial score (nSPS) is 13.8. The Morgan fingerprint density at radius 2 is 2.29 bits per heavy atom. The minimum absolute atomic E-state index is 0.218. The fourth-order valence-corrected chi connectivity index (χ4v) is 1.63. The maximum Gasteiger partial charge on any atom is 0.328 e. The van der Waals surface area contributed by atoms with Crippen molar-refractivity contribution in [3.05, 3.63) is 16.6 Å². The molecular weight excluding hydrogens is 246 g/mol. The highest BCUT2D eigenvalue weighted by molar-refractivity contribution is 7.09. The van der Waals surface area contributed by atoms with Gasteiger partial charge in [-0.2, -0.15) is 0 Å². The van der Waals surface area contributed by atoms with E-state index in [9.17, 15) is 9.59 Å². The molecule has 0 saturated heterocycles. The van der Waals surface area contributed by atoms with Crippen LogP contribution in [0.2, 0.25) is 0 Å². The zero-order valence-electron chi connectivity index (χ0n) is 9.08. The van der Waals surface area contributed by atoms with Crippen molar-refractivity contribution < 1.29 is 19.8 Å².